The van der Waals surface area contributed by atoms with Crippen LogP contribution in [-0.2, 0) is 10.1 Å². The molecule has 0 saturated heterocycles. The fourth-order valence-electron chi connectivity index (χ4n) is 1.51. The number of rotatable bonds is 3. The lowest BCUT2D eigenvalue weighted by Gasteiger charge is -2.09. The van der Waals surface area contributed by atoms with Crippen molar-refractivity contribution < 1.29 is 17.7 Å². The highest BCUT2D eigenvalue weighted by molar-refractivity contribution is 7.85. The molecule has 0 atom stereocenters. The molecule has 100 valence electrons. The SMILES string of the molecule is Cc1ccc(Oc2ccc(S(=O)(=O)O)cc2N)cc1. The number of nitrogen functional groups attached to an aromatic ring is 1. The van der Waals surface area contributed by atoms with E-state index >= 15 is 0 Å². The third-order valence-corrected chi connectivity index (χ3v) is 3.38. The van der Waals surface area contributed by atoms with Gasteiger partial charge in [-0.15, -0.1) is 0 Å². The lowest BCUT2D eigenvalue weighted by molar-refractivity contribution is 0.479. The minimum Gasteiger partial charge on any atom is -0.455 e. The van der Waals surface area contributed by atoms with E-state index in [2.05, 4.69) is 0 Å². The van der Waals surface area contributed by atoms with E-state index in [0.717, 1.165) is 11.6 Å². The van der Waals surface area contributed by atoms with Gasteiger partial charge in [-0.2, -0.15) is 8.42 Å². The summed E-state index contributed by atoms with van der Waals surface area (Å²) in [5.41, 5.74) is 6.93. The molecule has 0 unspecified atom stereocenters. The van der Waals surface area contributed by atoms with Crippen molar-refractivity contribution in [1.29, 1.82) is 0 Å². The zero-order valence-corrected chi connectivity index (χ0v) is 11.0. The fraction of sp³-hybridized carbons (Fsp3) is 0.0769. The zero-order valence-electron chi connectivity index (χ0n) is 10.2. The molecule has 0 aliphatic heterocycles. The van der Waals surface area contributed by atoms with E-state index in [1.54, 1.807) is 12.1 Å². The minimum atomic E-state index is -4.26. The van der Waals surface area contributed by atoms with Crippen LogP contribution >= 0.6 is 0 Å². The Kier molecular flexibility index (Phi) is 3.46. The molecule has 2 aromatic carbocycles. The lowest BCUT2D eigenvalue weighted by atomic mass is 10.2. The largest absolute Gasteiger partial charge is 0.455 e. The molecule has 0 spiro atoms. The molecule has 5 nitrogen and oxygen atoms in total. The summed E-state index contributed by atoms with van der Waals surface area (Å²) in [5, 5.41) is 0. The van der Waals surface area contributed by atoms with Crippen molar-refractivity contribution in [1.82, 2.24) is 0 Å². The summed E-state index contributed by atoms with van der Waals surface area (Å²) in [4.78, 5) is -0.263. The summed E-state index contributed by atoms with van der Waals surface area (Å²) in [6, 6.07) is 11.1. The first-order valence-corrected chi connectivity index (χ1v) is 6.92. The summed E-state index contributed by atoms with van der Waals surface area (Å²) < 4.78 is 36.3. The first kappa shape index (κ1) is 13.4. The highest BCUT2D eigenvalue weighted by Crippen LogP contribution is 2.29. The quantitative estimate of drug-likeness (QED) is 0.666. The summed E-state index contributed by atoms with van der Waals surface area (Å²) in [7, 11) is -4.26. The molecule has 6 heteroatoms. The van der Waals surface area contributed by atoms with Crippen LogP contribution in [0.2, 0.25) is 0 Å². The smallest absolute Gasteiger partial charge is 0.294 e. The van der Waals surface area contributed by atoms with Gasteiger partial charge in [0, 0.05) is 0 Å². The van der Waals surface area contributed by atoms with Gasteiger partial charge < -0.3 is 10.5 Å². The molecule has 0 fully saturated rings. The normalized spacial score (nSPS) is 11.3. The van der Waals surface area contributed by atoms with Crippen LogP contribution in [0, 0.1) is 6.92 Å². The van der Waals surface area contributed by atoms with Gasteiger partial charge in [0.25, 0.3) is 10.1 Å². The van der Waals surface area contributed by atoms with Gasteiger partial charge in [-0.3, -0.25) is 4.55 Å². The van der Waals surface area contributed by atoms with Crippen LogP contribution in [0.4, 0.5) is 5.69 Å². The van der Waals surface area contributed by atoms with E-state index in [4.69, 9.17) is 15.0 Å². The highest BCUT2D eigenvalue weighted by atomic mass is 32.2. The number of hydrogen-bond donors (Lipinski definition) is 2. The van der Waals surface area contributed by atoms with Crippen molar-refractivity contribution in [2.24, 2.45) is 0 Å². The highest BCUT2D eigenvalue weighted by Gasteiger charge is 2.12. The molecule has 19 heavy (non-hydrogen) atoms. The molecule has 0 aliphatic rings. The van der Waals surface area contributed by atoms with Crippen molar-refractivity contribution in [3.63, 3.8) is 0 Å². The molecule has 2 rings (SSSR count). The van der Waals surface area contributed by atoms with Gasteiger partial charge in [0.15, 0.2) is 0 Å². The van der Waals surface area contributed by atoms with Crippen LogP contribution in [0.5, 0.6) is 11.5 Å². The maximum atomic E-state index is 11.0. The Morgan fingerprint density at radius 2 is 1.74 bits per heavy atom. The van der Waals surface area contributed by atoms with E-state index in [1.807, 2.05) is 19.1 Å². The molecule has 3 N–H and O–H groups in total. The van der Waals surface area contributed by atoms with Gasteiger partial charge in [-0.1, -0.05) is 17.7 Å². The summed E-state index contributed by atoms with van der Waals surface area (Å²) in [6.45, 7) is 1.96. The number of benzene rings is 2. The molecule has 0 amide bonds. The van der Waals surface area contributed by atoms with Gasteiger partial charge in [-0.25, -0.2) is 0 Å². The maximum absolute atomic E-state index is 11.0. The minimum absolute atomic E-state index is 0.135. The third kappa shape index (κ3) is 3.24. The van der Waals surface area contributed by atoms with Gasteiger partial charge in [0.2, 0.25) is 0 Å². The molecule has 0 radical (unpaired) electrons. The van der Waals surface area contributed by atoms with Crippen LogP contribution in [0.15, 0.2) is 47.4 Å². The number of aryl methyl sites for hydroxylation is 1. The molecule has 2 aromatic rings. The lowest BCUT2D eigenvalue weighted by Crippen LogP contribution is -2.00. The second-order valence-electron chi connectivity index (χ2n) is 4.09. The Hall–Kier alpha value is -2.05. The van der Waals surface area contributed by atoms with E-state index in [1.165, 1.54) is 12.1 Å². The zero-order chi connectivity index (χ0) is 14.0. The third-order valence-electron chi connectivity index (χ3n) is 2.53. The Bertz CT molecular complexity index is 693. The van der Waals surface area contributed by atoms with Crippen molar-refractivity contribution in [2.45, 2.75) is 11.8 Å². The Labute approximate surface area is 111 Å². The van der Waals surface area contributed by atoms with Crippen molar-refractivity contribution in [3.05, 3.63) is 48.0 Å². The second kappa shape index (κ2) is 4.91. The summed E-state index contributed by atoms with van der Waals surface area (Å²) in [6.07, 6.45) is 0. The standard InChI is InChI=1S/C13H13NO4S/c1-9-2-4-10(5-3-9)18-13-7-6-11(8-12(13)14)19(15,16)17/h2-8H,14H2,1H3,(H,15,16,17). The van der Waals surface area contributed by atoms with E-state index < -0.39 is 10.1 Å². The van der Waals surface area contributed by atoms with Crippen molar-refractivity contribution in [2.75, 3.05) is 5.73 Å². The fourth-order valence-corrected chi connectivity index (χ4v) is 2.03. The van der Waals surface area contributed by atoms with Gasteiger partial charge in [0.05, 0.1) is 10.6 Å². The van der Waals surface area contributed by atoms with E-state index in [-0.39, 0.29) is 10.6 Å². The maximum Gasteiger partial charge on any atom is 0.294 e. The van der Waals surface area contributed by atoms with Gasteiger partial charge in [-0.05, 0) is 37.3 Å². The average Bonchev–Trinajstić information content (AvgIpc) is 2.33. The predicted molar refractivity (Wildman–Crippen MR) is 71.9 cm³/mol. The molecule has 0 aromatic heterocycles. The number of anilines is 1. The summed E-state index contributed by atoms with van der Waals surface area (Å²) in [5.74, 6) is 0.924. The topological polar surface area (TPSA) is 89.6 Å². The number of ether oxygens (including phenoxy) is 1. The molecular formula is C13H13NO4S. The van der Waals surface area contributed by atoms with Crippen LogP contribution < -0.4 is 10.5 Å². The van der Waals surface area contributed by atoms with Crippen molar-refractivity contribution in [3.8, 4) is 11.5 Å². The molecule has 0 aliphatic carbocycles. The van der Waals surface area contributed by atoms with Crippen LogP contribution in [0.1, 0.15) is 5.56 Å². The molecule has 0 saturated carbocycles. The Balaban J connectivity index is 2.29. The first-order chi connectivity index (χ1) is 8.86. The van der Waals surface area contributed by atoms with Crippen molar-refractivity contribution >= 4 is 15.8 Å². The summed E-state index contributed by atoms with van der Waals surface area (Å²) >= 11 is 0. The average molecular weight is 279 g/mol. The monoisotopic (exact) mass is 279 g/mol. The number of hydrogen-bond acceptors (Lipinski definition) is 4. The van der Waals surface area contributed by atoms with Crippen LogP contribution in [0.25, 0.3) is 0 Å². The Morgan fingerprint density at radius 1 is 1.11 bits per heavy atom. The molecule has 0 heterocycles. The van der Waals surface area contributed by atoms with Gasteiger partial charge in [0.1, 0.15) is 11.5 Å². The van der Waals surface area contributed by atoms with Crippen LogP contribution in [0.3, 0.4) is 0 Å². The Morgan fingerprint density at radius 3 is 2.26 bits per heavy atom. The van der Waals surface area contributed by atoms with E-state index in [0.29, 0.717) is 11.5 Å². The predicted octanol–water partition coefficient (Wildman–Crippen LogP) is 2.62. The molecule has 0 bridgehead atoms. The van der Waals surface area contributed by atoms with Crippen LogP contribution in [-0.4, -0.2) is 13.0 Å². The second-order valence-corrected chi connectivity index (χ2v) is 5.51. The van der Waals surface area contributed by atoms with E-state index in [9.17, 15) is 8.42 Å². The molecular weight excluding hydrogens is 266 g/mol. The first-order valence-electron chi connectivity index (χ1n) is 5.48. The number of nitrogens with two attached hydrogens (primary N) is 1. The van der Waals surface area contributed by atoms with Gasteiger partial charge >= 0.3 is 0 Å².